The molecule has 0 unspecified atom stereocenters. The molecule has 170 valence electrons. The highest BCUT2D eigenvalue weighted by molar-refractivity contribution is 7.89. The number of fused-ring (bicyclic) bond motifs is 1. The second-order valence-electron chi connectivity index (χ2n) is 8.84. The van der Waals surface area contributed by atoms with Crippen LogP contribution in [0.5, 0.6) is 0 Å². The zero-order valence-corrected chi connectivity index (χ0v) is 19.3. The molecular weight excluding hydrogens is 418 g/mol. The van der Waals surface area contributed by atoms with Gasteiger partial charge < -0.3 is 4.90 Å². The van der Waals surface area contributed by atoms with Crippen LogP contribution in [0.3, 0.4) is 0 Å². The zero-order chi connectivity index (χ0) is 22.3. The number of hydrogen-bond acceptors (Lipinski definition) is 6. The summed E-state index contributed by atoms with van der Waals surface area (Å²) in [6.07, 6.45) is 4.61. The minimum Gasteiger partial charge on any atom is -0.337 e. The Morgan fingerprint density at radius 1 is 1.19 bits per heavy atom. The normalized spacial score (nSPS) is 22.0. The van der Waals surface area contributed by atoms with E-state index >= 15 is 0 Å². The monoisotopic (exact) mass is 449 g/mol. The number of nitrogens with zero attached hydrogens (tertiary/aromatic N) is 5. The number of carbonyl (C=O) groups is 2. The molecule has 2 aliphatic heterocycles. The Hall–Kier alpha value is -2.07. The van der Waals surface area contributed by atoms with E-state index in [-0.39, 0.29) is 24.1 Å². The molecule has 2 fully saturated rings. The van der Waals surface area contributed by atoms with E-state index in [0.29, 0.717) is 56.3 Å². The summed E-state index contributed by atoms with van der Waals surface area (Å²) in [5, 5.41) is 0. The molecule has 1 aromatic rings. The van der Waals surface area contributed by atoms with Gasteiger partial charge in [0.15, 0.2) is 0 Å². The van der Waals surface area contributed by atoms with Crippen molar-refractivity contribution in [2.45, 2.75) is 65.0 Å². The molecule has 1 saturated carbocycles. The molecule has 0 bridgehead atoms. The summed E-state index contributed by atoms with van der Waals surface area (Å²) < 4.78 is 26.0. The van der Waals surface area contributed by atoms with Crippen molar-refractivity contribution in [1.82, 2.24) is 19.2 Å². The van der Waals surface area contributed by atoms with E-state index < -0.39 is 16.1 Å². The van der Waals surface area contributed by atoms with Crippen molar-refractivity contribution < 1.29 is 18.0 Å². The van der Waals surface area contributed by atoms with Crippen molar-refractivity contribution >= 4 is 27.7 Å². The lowest BCUT2D eigenvalue weighted by molar-refractivity contribution is -0.134. The quantitative estimate of drug-likeness (QED) is 0.621. The highest BCUT2D eigenvalue weighted by Gasteiger charge is 2.39. The third-order valence-electron chi connectivity index (χ3n) is 6.49. The summed E-state index contributed by atoms with van der Waals surface area (Å²) in [6.45, 7) is 4.77. The Morgan fingerprint density at radius 3 is 2.61 bits per heavy atom. The van der Waals surface area contributed by atoms with Crippen LogP contribution in [0.25, 0.3) is 0 Å². The number of sulfonamides is 1. The minimum atomic E-state index is -3.43. The van der Waals surface area contributed by atoms with E-state index in [0.717, 1.165) is 24.1 Å². The largest absolute Gasteiger partial charge is 0.337 e. The van der Waals surface area contributed by atoms with E-state index in [1.807, 2.05) is 6.92 Å². The number of likely N-dealkylation sites (N-methyl/N-ethyl adjacent to an activating group) is 1. The number of carbonyl (C=O) groups excluding carboxylic acids is 2. The molecular formula is C21H31N5O4S. The molecule has 2 amide bonds. The molecule has 0 spiro atoms. The maximum atomic E-state index is 13.1. The average molecular weight is 450 g/mol. The number of aryl methyl sites for hydroxylation is 1. The molecule has 1 aliphatic carbocycles. The summed E-state index contributed by atoms with van der Waals surface area (Å²) in [5.74, 6) is 1.55. The molecule has 4 rings (SSSR count). The molecule has 0 radical (unpaired) electrons. The van der Waals surface area contributed by atoms with E-state index in [1.54, 1.807) is 18.9 Å². The Labute approximate surface area is 183 Å². The molecule has 3 heterocycles. The lowest BCUT2D eigenvalue weighted by atomic mass is 10.0. The van der Waals surface area contributed by atoms with Gasteiger partial charge in [0.25, 0.3) is 0 Å². The van der Waals surface area contributed by atoms with Gasteiger partial charge in [0.1, 0.15) is 17.7 Å². The first-order valence-corrected chi connectivity index (χ1v) is 12.7. The van der Waals surface area contributed by atoms with Crippen LogP contribution < -0.4 is 4.90 Å². The molecule has 3 aliphatic rings. The van der Waals surface area contributed by atoms with Crippen molar-refractivity contribution in [2.75, 3.05) is 30.8 Å². The third-order valence-corrected chi connectivity index (χ3v) is 8.37. The first-order chi connectivity index (χ1) is 14.7. The standard InChI is InChI=1S/C21H31N5O4S/c1-4-31(29,30)26-11-5-6-17(26)21(28)24(3)13-18-22-14(2)16-9-10-19(27)25(20(16)23-18)12-15-7-8-15/h15,17H,4-13H2,1-3H3/t17-/m0/s1. The van der Waals surface area contributed by atoms with Crippen LogP contribution in [0.1, 0.15) is 56.1 Å². The van der Waals surface area contributed by atoms with Crippen molar-refractivity contribution in [3.05, 3.63) is 17.1 Å². The van der Waals surface area contributed by atoms with Crippen LogP contribution in [0.2, 0.25) is 0 Å². The third kappa shape index (κ3) is 4.45. The zero-order valence-electron chi connectivity index (χ0n) is 18.5. The van der Waals surface area contributed by atoms with Gasteiger partial charge in [0.2, 0.25) is 21.8 Å². The number of amides is 2. The van der Waals surface area contributed by atoms with Crippen LogP contribution in [-0.2, 0) is 32.6 Å². The molecule has 1 aromatic heterocycles. The van der Waals surface area contributed by atoms with Gasteiger partial charge in [0, 0.05) is 37.8 Å². The summed E-state index contributed by atoms with van der Waals surface area (Å²) in [6, 6.07) is -0.665. The van der Waals surface area contributed by atoms with Crippen LogP contribution >= 0.6 is 0 Å². The first-order valence-electron chi connectivity index (χ1n) is 11.1. The van der Waals surface area contributed by atoms with Crippen molar-refractivity contribution in [3.63, 3.8) is 0 Å². The second kappa shape index (κ2) is 8.46. The molecule has 0 N–H and O–H groups in total. The number of anilines is 1. The van der Waals surface area contributed by atoms with E-state index in [2.05, 4.69) is 9.97 Å². The smallest absolute Gasteiger partial charge is 0.241 e. The summed E-state index contributed by atoms with van der Waals surface area (Å²) in [4.78, 5) is 38.2. The van der Waals surface area contributed by atoms with E-state index in [1.165, 1.54) is 9.21 Å². The van der Waals surface area contributed by atoms with E-state index in [4.69, 9.17) is 0 Å². The van der Waals surface area contributed by atoms with Gasteiger partial charge in [-0.25, -0.2) is 18.4 Å². The Bertz CT molecular complexity index is 992. The Balaban J connectivity index is 1.54. The summed E-state index contributed by atoms with van der Waals surface area (Å²) in [7, 11) is -1.77. The first kappa shape index (κ1) is 22.1. The molecule has 1 atom stereocenters. The van der Waals surface area contributed by atoms with Gasteiger partial charge in [0.05, 0.1) is 12.3 Å². The van der Waals surface area contributed by atoms with Crippen LogP contribution in [0.4, 0.5) is 5.82 Å². The average Bonchev–Trinajstić information content (AvgIpc) is 3.41. The maximum absolute atomic E-state index is 13.1. The maximum Gasteiger partial charge on any atom is 0.241 e. The number of hydrogen-bond donors (Lipinski definition) is 0. The molecule has 10 heteroatoms. The fraction of sp³-hybridized carbons (Fsp3) is 0.714. The van der Waals surface area contributed by atoms with Crippen molar-refractivity contribution in [1.29, 1.82) is 0 Å². The lowest BCUT2D eigenvalue weighted by Crippen LogP contribution is -2.47. The van der Waals surface area contributed by atoms with Gasteiger partial charge >= 0.3 is 0 Å². The van der Waals surface area contributed by atoms with Gasteiger partial charge in [-0.05, 0) is 51.9 Å². The van der Waals surface area contributed by atoms with Crippen LogP contribution in [0.15, 0.2) is 0 Å². The predicted molar refractivity (Wildman–Crippen MR) is 116 cm³/mol. The fourth-order valence-corrected chi connectivity index (χ4v) is 5.81. The van der Waals surface area contributed by atoms with Gasteiger partial charge in [-0.3, -0.25) is 14.5 Å². The Morgan fingerprint density at radius 2 is 1.94 bits per heavy atom. The summed E-state index contributed by atoms with van der Waals surface area (Å²) >= 11 is 0. The molecule has 0 aromatic carbocycles. The van der Waals surface area contributed by atoms with Crippen LogP contribution in [-0.4, -0.2) is 71.3 Å². The van der Waals surface area contributed by atoms with Gasteiger partial charge in [-0.2, -0.15) is 4.31 Å². The lowest BCUT2D eigenvalue weighted by Gasteiger charge is -2.30. The predicted octanol–water partition coefficient (Wildman–Crippen LogP) is 1.25. The fourth-order valence-electron chi connectivity index (χ4n) is 4.49. The SMILES string of the molecule is CCS(=O)(=O)N1CCC[C@H]1C(=O)N(C)Cc1nc(C)c2c(n1)N(CC1CC1)C(=O)CC2. The highest BCUT2D eigenvalue weighted by atomic mass is 32.2. The summed E-state index contributed by atoms with van der Waals surface area (Å²) in [5.41, 5.74) is 1.85. The Kier molecular flexibility index (Phi) is 6.04. The van der Waals surface area contributed by atoms with Gasteiger partial charge in [-0.1, -0.05) is 0 Å². The van der Waals surface area contributed by atoms with Crippen molar-refractivity contribution in [3.8, 4) is 0 Å². The number of aromatic nitrogens is 2. The minimum absolute atomic E-state index is 0.0154. The number of rotatable bonds is 7. The van der Waals surface area contributed by atoms with Crippen molar-refractivity contribution in [2.24, 2.45) is 5.92 Å². The van der Waals surface area contributed by atoms with Gasteiger partial charge in [-0.15, -0.1) is 0 Å². The van der Waals surface area contributed by atoms with E-state index in [9.17, 15) is 18.0 Å². The molecule has 31 heavy (non-hydrogen) atoms. The highest BCUT2D eigenvalue weighted by Crippen LogP contribution is 2.35. The molecule has 1 saturated heterocycles. The second-order valence-corrected chi connectivity index (χ2v) is 11.0. The van der Waals surface area contributed by atoms with Crippen LogP contribution in [0, 0.1) is 12.8 Å². The molecule has 9 nitrogen and oxygen atoms in total. The topological polar surface area (TPSA) is 104 Å².